The first-order valence-corrected chi connectivity index (χ1v) is 7.69. The second-order valence-electron chi connectivity index (χ2n) is 5.07. The summed E-state index contributed by atoms with van der Waals surface area (Å²) < 4.78 is 0. The van der Waals surface area contributed by atoms with Crippen LogP contribution in [0.4, 0.5) is 0 Å². The molecule has 6 nitrogen and oxygen atoms in total. The number of likely N-dealkylation sites (tertiary alicyclic amines) is 1. The van der Waals surface area contributed by atoms with Crippen LogP contribution in [0.15, 0.2) is 24.5 Å². The van der Waals surface area contributed by atoms with Crippen LogP contribution in [0.3, 0.4) is 0 Å². The molecule has 7 heteroatoms. The minimum absolute atomic E-state index is 0.0695. The van der Waals surface area contributed by atoms with Gasteiger partial charge < -0.3 is 9.88 Å². The van der Waals surface area contributed by atoms with Gasteiger partial charge in [0.2, 0.25) is 6.29 Å². The standard InChI is InChI=1S/C15H11N4O2S/c20-8-9-6-16-14-13(9)18-10(7-17-14)11-2-3-12(22-11)15(21)19-4-1-5-19/h2-3,6-7H,1,4-5H2,(H,16,17). The first-order chi connectivity index (χ1) is 10.8. The first-order valence-electron chi connectivity index (χ1n) is 6.88. The highest BCUT2D eigenvalue weighted by atomic mass is 32.1. The van der Waals surface area contributed by atoms with E-state index in [1.165, 1.54) is 17.5 Å². The van der Waals surface area contributed by atoms with Gasteiger partial charge in [0.05, 0.1) is 27.2 Å². The SMILES string of the molecule is O=[C]c1c[nH]c2ncc(-c3ccc(C(=O)N4CCC4)s3)nc12. The zero-order chi connectivity index (χ0) is 15.1. The zero-order valence-corrected chi connectivity index (χ0v) is 12.3. The molecule has 4 heterocycles. The van der Waals surface area contributed by atoms with E-state index in [9.17, 15) is 9.59 Å². The molecule has 3 aromatic heterocycles. The number of carbonyl (C=O) groups excluding carboxylic acids is 2. The maximum atomic E-state index is 12.2. The molecule has 1 radical (unpaired) electrons. The van der Waals surface area contributed by atoms with Crippen molar-refractivity contribution in [2.45, 2.75) is 6.42 Å². The second kappa shape index (κ2) is 5.03. The summed E-state index contributed by atoms with van der Waals surface area (Å²) in [5, 5.41) is 0. The number of nitrogens with one attached hydrogen (secondary N) is 1. The van der Waals surface area contributed by atoms with Crippen LogP contribution in [0, 0.1) is 0 Å². The van der Waals surface area contributed by atoms with Crippen LogP contribution < -0.4 is 0 Å². The lowest BCUT2D eigenvalue weighted by Gasteiger charge is -2.30. The van der Waals surface area contributed by atoms with Crippen molar-refractivity contribution in [3.63, 3.8) is 0 Å². The molecule has 3 aromatic rings. The van der Waals surface area contributed by atoms with E-state index in [1.54, 1.807) is 6.20 Å². The van der Waals surface area contributed by atoms with Crippen molar-refractivity contribution in [3.8, 4) is 10.6 Å². The molecule has 1 aliphatic heterocycles. The number of hydrogen-bond donors (Lipinski definition) is 1. The van der Waals surface area contributed by atoms with Crippen molar-refractivity contribution < 1.29 is 9.59 Å². The first kappa shape index (κ1) is 13.1. The van der Waals surface area contributed by atoms with Gasteiger partial charge in [-0.05, 0) is 18.6 Å². The van der Waals surface area contributed by atoms with Gasteiger partial charge in [0, 0.05) is 19.3 Å². The molecule has 0 atom stereocenters. The van der Waals surface area contributed by atoms with Gasteiger partial charge in [-0.2, -0.15) is 0 Å². The van der Waals surface area contributed by atoms with E-state index in [0.717, 1.165) is 24.4 Å². The van der Waals surface area contributed by atoms with Crippen LogP contribution in [0.2, 0.25) is 0 Å². The largest absolute Gasteiger partial charge is 0.344 e. The molecular weight excluding hydrogens is 300 g/mol. The quantitative estimate of drug-likeness (QED) is 0.802. The second-order valence-corrected chi connectivity index (χ2v) is 6.15. The van der Waals surface area contributed by atoms with Crippen LogP contribution in [-0.2, 0) is 4.79 Å². The molecule has 109 valence electrons. The number of thiophene rings is 1. The summed E-state index contributed by atoms with van der Waals surface area (Å²) in [5.41, 5.74) is 2.06. The fourth-order valence-electron chi connectivity index (χ4n) is 2.35. The third kappa shape index (κ3) is 2.01. The van der Waals surface area contributed by atoms with Crippen molar-refractivity contribution in [1.82, 2.24) is 19.9 Å². The highest BCUT2D eigenvalue weighted by molar-refractivity contribution is 7.17. The lowest BCUT2D eigenvalue weighted by molar-refractivity contribution is 0.0657. The Hall–Kier alpha value is -2.54. The molecule has 4 rings (SSSR count). The predicted octanol–water partition coefficient (Wildman–Crippen LogP) is 1.99. The summed E-state index contributed by atoms with van der Waals surface area (Å²) in [4.78, 5) is 38.0. The number of fused-ring (bicyclic) bond motifs is 1. The maximum Gasteiger partial charge on any atom is 0.263 e. The van der Waals surface area contributed by atoms with Crippen molar-refractivity contribution in [3.05, 3.63) is 35.0 Å². The zero-order valence-electron chi connectivity index (χ0n) is 11.5. The minimum atomic E-state index is 0.0695. The maximum absolute atomic E-state index is 12.2. The van der Waals surface area contributed by atoms with E-state index in [1.807, 2.05) is 23.3 Å². The van der Waals surface area contributed by atoms with Gasteiger partial charge in [0.25, 0.3) is 5.91 Å². The van der Waals surface area contributed by atoms with Crippen LogP contribution in [0.25, 0.3) is 21.7 Å². The van der Waals surface area contributed by atoms with Gasteiger partial charge >= 0.3 is 0 Å². The van der Waals surface area contributed by atoms with Crippen LogP contribution >= 0.6 is 11.3 Å². The molecule has 0 saturated carbocycles. The topological polar surface area (TPSA) is 79.0 Å². The number of rotatable bonds is 3. The van der Waals surface area contributed by atoms with Gasteiger partial charge in [-0.15, -0.1) is 11.3 Å². The molecule has 22 heavy (non-hydrogen) atoms. The van der Waals surface area contributed by atoms with E-state index in [-0.39, 0.29) is 5.91 Å². The van der Waals surface area contributed by atoms with Crippen molar-refractivity contribution in [1.29, 1.82) is 0 Å². The number of amides is 1. The van der Waals surface area contributed by atoms with E-state index in [4.69, 9.17) is 0 Å². The van der Waals surface area contributed by atoms with Crippen LogP contribution in [-0.4, -0.2) is 45.1 Å². The highest BCUT2D eigenvalue weighted by Gasteiger charge is 2.23. The summed E-state index contributed by atoms with van der Waals surface area (Å²) in [5.74, 6) is 0.0695. The van der Waals surface area contributed by atoms with Gasteiger partial charge in [-0.1, -0.05) is 0 Å². The van der Waals surface area contributed by atoms with Crippen molar-refractivity contribution in [2.75, 3.05) is 13.1 Å². The third-order valence-corrected chi connectivity index (χ3v) is 4.80. The predicted molar refractivity (Wildman–Crippen MR) is 82.5 cm³/mol. The summed E-state index contributed by atoms with van der Waals surface area (Å²) >= 11 is 1.39. The average Bonchev–Trinajstić information content (AvgIpc) is 3.11. The van der Waals surface area contributed by atoms with Crippen LogP contribution in [0.1, 0.15) is 21.7 Å². The smallest absolute Gasteiger partial charge is 0.263 e. The molecule has 0 unspecified atom stereocenters. The molecule has 1 fully saturated rings. The van der Waals surface area contributed by atoms with Crippen molar-refractivity contribution >= 4 is 34.7 Å². The van der Waals surface area contributed by atoms with Gasteiger partial charge in [0.1, 0.15) is 5.52 Å². The summed E-state index contributed by atoms with van der Waals surface area (Å²) in [6.45, 7) is 1.67. The van der Waals surface area contributed by atoms with E-state index in [0.29, 0.717) is 27.3 Å². The Labute approximate surface area is 129 Å². The lowest BCUT2D eigenvalue weighted by atomic mass is 10.2. The fraction of sp³-hybridized carbons (Fsp3) is 0.200. The Morgan fingerprint density at radius 1 is 1.36 bits per heavy atom. The fourth-order valence-corrected chi connectivity index (χ4v) is 3.28. The van der Waals surface area contributed by atoms with E-state index in [2.05, 4.69) is 15.0 Å². The van der Waals surface area contributed by atoms with Crippen LogP contribution in [0.5, 0.6) is 0 Å². The highest BCUT2D eigenvalue weighted by Crippen LogP contribution is 2.29. The molecule has 1 amide bonds. The van der Waals surface area contributed by atoms with Gasteiger partial charge in [0.15, 0.2) is 5.65 Å². The Morgan fingerprint density at radius 3 is 2.95 bits per heavy atom. The number of aromatic amines is 1. The number of carbonyl (C=O) groups is 1. The van der Waals surface area contributed by atoms with Gasteiger partial charge in [-0.3, -0.25) is 9.59 Å². The van der Waals surface area contributed by atoms with E-state index < -0.39 is 0 Å². The monoisotopic (exact) mass is 311 g/mol. The number of H-pyrrole nitrogens is 1. The number of aromatic nitrogens is 3. The lowest BCUT2D eigenvalue weighted by Crippen LogP contribution is -2.41. The summed E-state index contributed by atoms with van der Waals surface area (Å²) in [7, 11) is 0. The Balaban J connectivity index is 1.70. The molecule has 1 N–H and O–H groups in total. The van der Waals surface area contributed by atoms with E-state index >= 15 is 0 Å². The molecule has 0 aliphatic carbocycles. The van der Waals surface area contributed by atoms with Gasteiger partial charge in [-0.25, -0.2) is 9.97 Å². The average molecular weight is 311 g/mol. The summed E-state index contributed by atoms with van der Waals surface area (Å²) in [6, 6.07) is 3.68. The number of hydrogen-bond acceptors (Lipinski definition) is 5. The minimum Gasteiger partial charge on any atom is -0.344 e. The normalized spacial score (nSPS) is 14.1. The molecule has 0 spiro atoms. The Morgan fingerprint density at radius 2 is 2.23 bits per heavy atom. The molecule has 0 bridgehead atoms. The third-order valence-electron chi connectivity index (χ3n) is 3.70. The Kier molecular flexibility index (Phi) is 3.00. The Bertz CT molecular complexity index is 879. The molecule has 1 aliphatic rings. The molecule has 0 aromatic carbocycles. The summed E-state index contributed by atoms with van der Waals surface area (Å²) in [6.07, 6.45) is 6.09. The van der Waals surface area contributed by atoms with Crippen molar-refractivity contribution in [2.24, 2.45) is 0 Å². The molecular formula is C15H11N4O2S. The molecule has 1 saturated heterocycles. The number of nitrogens with zero attached hydrogens (tertiary/aromatic N) is 3.